The molecule has 152 valence electrons. The molecule has 0 aromatic heterocycles. The predicted octanol–water partition coefficient (Wildman–Crippen LogP) is 4.07. The molecule has 1 amide bonds. The summed E-state index contributed by atoms with van der Waals surface area (Å²) in [7, 11) is 0. The van der Waals surface area contributed by atoms with Crippen molar-refractivity contribution in [3.63, 3.8) is 0 Å². The number of ether oxygens (including phenoxy) is 1. The largest absolute Gasteiger partial charge is 0.494 e. The Labute approximate surface area is 170 Å². The third kappa shape index (κ3) is 6.39. The van der Waals surface area contributed by atoms with Gasteiger partial charge in [-0.15, -0.1) is 12.4 Å². The van der Waals surface area contributed by atoms with Crippen molar-refractivity contribution in [2.75, 3.05) is 26.2 Å². The quantitative estimate of drug-likeness (QED) is 0.790. The highest BCUT2D eigenvalue weighted by Crippen LogP contribution is 2.26. The molecule has 2 atom stereocenters. The number of rotatable bonds is 6. The van der Waals surface area contributed by atoms with E-state index in [0.717, 1.165) is 63.4 Å². The Morgan fingerprint density at radius 3 is 2.52 bits per heavy atom. The van der Waals surface area contributed by atoms with Gasteiger partial charge in [-0.1, -0.05) is 12.1 Å². The molecule has 2 heterocycles. The van der Waals surface area contributed by atoms with Crippen LogP contribution in [0.15, 0.2) is 24.3 Å². The molecule has 4 nitrogen and oxygen atoms in total. The maximum absolute atomic E-state index is 12.8. The molecule has 5 heteroatoms. The number of nitrogens with one attached hydrogen (secondary N) is 1. The fourth-order valence-corrected chi connectivity index (χ4v) is 4.35. The van der Waals surface area contributed by atoms with Crippen molar-refractivity contribution in [3.05, 3.63) is 29.8 Å². The van der Waals surface area contributed by atoms with Crippen LogP contribution in [0.25, 0.3) is 0 Å². The molecule has 3 rings (SSSR count). The van der Waals surface area contributed by atoms with Gasteiger partial charge in [0.05, 0.1) is 6.61 Å². The molecule has 2 fully saturated rings. The zero-order chi connectivity index (χ0) is 18.4. The number of aryl methyl sites for hydroxylation is 1. The van der Waals surface area contributed by atoms with Gasteiger partial charge < -0.3 is 15.0 Å². The molecule has 2 aliphatic heterocycles. The first-order valence-corrected chi connectivity index (χ1v) is 10.4. The van der Waals surface area contributed by atoms with E-state index in [-0.39, 0.29) is 18.3 Å². The topological polar surface area (TPSA) is 41.6 Å². The summed E-state index contributed by atoms with van der Waals surface area (Å²) in [5.74, 6) is 2.35. The van der Waals surface area contributed by atoms with Crippen LogP contribution in [0.5, 0.6) is 5.75 Å². The molecule has 0 aliphatic carbocycles. The highest BCUT2D eigenvalue weighted by molar-refractivity contribution is 5.85. The number of piperidine rings is 2. The number of carbonyl (C=O) groups is 1. The summed E-state index contributed by atoms with van der Waals surface area (Å²) >= 11 is 0. The highest BCUT2D eigenvalue weighted by Gasteiger charge is 2.30. The van der Waals surface area contributed by atoms with E-state index >= 15 is 0 Å². The smallest absolute Gasteiger partial charge is 0.225 e. The van der Waals surface area contributed by atoms with E-state index in [1.54, 1.807) is 0 Å². The van der Waals surface area contributed by atoms with E-state index in [1.165, 1.54) is 12.0 Å². The fraction of sp³-hybridized carbons (Fsp3) is 0.682. The van der Waals surface area contributed by atoms with Crippen LogP contribution in [0.2, 0.25) is 0 Å². The predicted molar refractivity (Wildman–Crippen MR) is 113 cm³/mol. The number of amides is 1. The summed E-state index contributed by atoms with van der Waals surface area (Å²) in [6, 6.07) is 8.98. The average Bonchev–Trinajstić information content (AvgIpc) is 2.67. The molecule has 1 aromatic carbocycles. The molecule has 2 aliphatic rings. The van der Waals surface area contributed by atoms with Crippen LogP contribution in [-0.2, 0) is 11.2 Å². The third-order valence-corrected chi connectivity index (χ3v) is 5.97. The molecular formula is C22H35ClN2O2. The first-order chi connectivity index (χ1) is 12.7. The SMILES string of the molecule is CCOc1ccc(CCC2CCN(C(=O)[C@H]3CCN[C@@H](C)C3)CC2)cc1.Cl. The first kappa shape index (κ1) is 22.0. The van der Waals surface area contributed by atoms with E-state index in [1.807, 2.05) is 6.92 Å². The van der Waals surface area contributed by atoms with Gasteiger partial charge >= 0.3 is 0 Å². The summed E-state index contributed by atoms with van der Waals surface area (Å²) in [6.07, 6.45) is 6.65. The molecule has 0 radical (unpaired) electrons. The summed E-state index contributed by atoms with van der Waals surface area (Å²) < 4.78 is 5.50. The van der Waals surface area contributed by atoms with E-state index < -0.39 is 0 Å². The minimum Gasteiger partial charge on any atom is -0.494 e. The average molecular weight is 395 g/mol. The van der Waals surface area contributed by atoms with Crippen LogP contribution in [0, 0.1) is 11.8 Å². The number of hydrogen-bond acceptors (Lipinski definition) is 3. The number of carbonyl (C=O) groups excluding carboxylic acids is 1. The van der Waals surface area contributed by atoms with Gasteiger partial charge in [0, 0.05) is 25.0 Å². The zero-order valence-electron chi connectivity index (χ0n) is 16.8. The minimum absolute atomic E-state index is 0. The Balaban J connectivity index is 0.00000261. The van der Waals surface area contributed by atoms with Crippen LogP contribution in [0.4, 0.5) is 0 Å². The number of hydrogen-bond donors (Lipinski definition) is 1. The summed E-state index contributed by atoms with van der Waals surface area (Å²) in [5.41, 5.74) is 1.38. The van der Waals surface area contributed by atoms with E-state index in [9.17, 15) is 4.79 Å². The third-order valence-electron chi connectivity index (χ3n) is 5.97. The van der Waals surface area contributed by atoms with Gasteiger partial charge in [-0.05, 0) is 82.5 Å². The van der Waals surface area contributed by atoms with Crippen molar-refractivity contribution in [2.24, 2.45) is 11.8 Å². The molecule has 2 saturated heterocycles. The van der Waals surface area contributed by atoms with Gasteiger partial charge in [0.25, 0.3) is 0 Å². The van der Waals surface area contributed by atoms with Gasteiger partial charge in [0.2, 0.25) is 5.91 Å². The maximum Gasteiger partial charge on any atom is 0.225 e. The van der Waals surface area contributed by atoms with Crippen LogP contribution in [0.1, 0.15) is 51.5 Å². The summed E-state index contributed by atoms with van der Waals surface area (Å²) in [6.45, 7) is 7.79. The van der Waals surface area contributed by atoms with Crippen molar-refractivity contribution in [1.82, 2.24) is 10.2 Å². The lowest BCUT2D eigenvalue weighted by molar-refractivity contribution is -0.138. The minimum atomic E-state index is 0. The Bertz CT molecular complexity index is 570. The molecule has 0 spiro atoms. The van der Waals surface area contributed by atoms with Gasteiger partial charge in [-0.3, -0.25) is 4.79 Å². The lowest BCUT2D eigenvalue weighted by Crippen LogP contribution is -2.46. The second-order valence-electron chi connectivity index (χ2n) is 7.96. The van der Waals surface area contributed by atoms with E-state index in [0.29, 0.717) is 18.6 Å². The molecular weight excluding hydrogens is 360 g/mol. The Morgan fingerprint density at radius 2 is 1.89 bits per heavy atom. The molecule has 0 saturated carbocycles. The highest BCUT2D eigenvalue weighted by atomic mass is 35.5. The van der Waals surface area contributed by atoms with Crippen molar-refractivity contribution in [1.29, 1.82) is 0 Å². The van der Waals surface area contributed by atoms with Gasteiger partial charge in [0.15, 0.2) is 0 Å². The van der Waals surface area contributed by atoms with Crippen LogP contribution < -0.4 is 10.1 Å². The Hall–Kier alpha value is -1.26. The van der Waals surface area contributed by atoms with Crippen LogP contribution in [0.3, 0.4) is 0 Å². The number of benzene rings is 1. The zero-order valence-corrected chi connectivity index (χ0v) is 17.6. The van der Waals surface area contributed by atoms with Crippen molar-refractivity contribution < 1.29 is 9.53 Å². The molecule has 1 aromatic rings. The standard InChI is InChI=1S/C22H34N2O2.ClH/c1-3-26-21-8-6-18(7-9-21)4-5-19-11-14-24(15-12-19)22(25)20-10-13-23-17(2)16-20;/h6-9,17,19-20,23H,3-5,10-16H2,1-2H3;1H/t17-,20-;/m0./s1. The van der Waals surface area contributed by atoms with Crippen molar-refractivity contribution >= 4 is 18.3 Å². The second kappa shape index (κ2) is 10.9. The molecule has 0 unspecified atom stereocenters. The Kier molecular flexibility index (Phi) is 8.91. The fourth-order valence-electron chi connectivity index (χ4n) is 4.35. The van der Waals surface area contributed by atoms with E-state index in [2.05, 4.69) is 41.4 Å². The van der Waals surface area contributed by atoms with Crippen molar-refractivity contribution in [3.8, 4) is 5.75 Å². The molecule has 1 N–H and O–H groups in total. The number of likely N-dealkylation sites (tertiary alicyclic amines) is 1. The molecule has 27 heavy (non-hydrogen) atoms. The van der Waals surface area contributed by atoms with Gasteiger partial charge in [0.1, 0.15) is 5.75 Å². The first-order valence-electron chi connectivity index (χ1n) is 10.4. The van der Waals surface area contributed by atoms with Gasteiger partial charge in [-0.2, -0.15) is 0 Å². The van der Waals surface area contributed by atoms with Gasteiger partial charge in [-0.25, -0.2) is 0 Å². The Morgan fingerprint density at radius 1 is 1.19 bits per heavy atom. The maximum atomic E-state index is 12.8. The van der Waals surface area contributed by atoms with Crippen molar-refractivity contribution in [2.45, 2.75) is 58.4 Å². The van der Waals surface area contributed by atoms with E-state index in [4.69, 9.17) is 4.74 Å². The number of nitrogens with zero attached hydrogens (tertiary/aromatic N) is 1. The normalized spacial score (nSPS) is 23.6. The summed E-state index contributed by atoms with van der Waals surface area (Å²) in [5, 5.41) is 3.44. The lowest BCUT2D eigenvalue weighted by atomic mass is 9.88. The monoisotopic (exact) mass is 394 g/mol. The number of halogens is 1. The second-order valence-corrected chi connectivity index (χ2v) is 7.96. The van der Waals surface area contributed by atoms with Crippen LogP contribution >= 0.6 is 12.4 Å². The molecule has 0 bridgehead atoms. The lowest BCUT2D eigenvalue weighted by Gasteiger charge is -2.36. The summed E-state index contributed by atoms with van der Waals surface area (Å²) in [4.78, 5) is 14.9. The van der Waals surface area contributed by atoms with Crippen LogP contribution in [-0.4, -0.2) is 43.1 Å².